The third-order valence-corrected chi connectivity index (χ3v) is 1.96. The third kappa shape index (κ3) is 4.20. The second-order valence-corrected chi connectivity index (χ2v) is 3.39. The van der Waals surface area contributed by atoms with Gasteiger partial charge >= 0.3 is 0 Å². The van der Waals surface area contributed by atoms with Crippen LogP contribution in [0.1, 0.15) is 13.8 Å². The number of rotatable bonds is 5. The fourth-order valence-corrected chi connectivity index (χ4v) is 1.18. The van der Waals surface area contributed by atoms with Gasteiger partial charge in [-0.2, -0.15) is 0 Å². The van der Waals surface area contributed by atoms with Gasteiger partial charge < -0.3 is 10.6 Å². The van der Waals surface area contributed by atoms with Crippen molar-refractivity contribution in [3.8, 4) is 0 Å². The molecule has 6 nitrogen and oxygen atoms in total. The molecule has 0 fully saturated rings. The van der Waals surface area contributed by atoms with E-state index in [2.05, 4.69) is 5.32 Å². The first-order valence-corrected chi connectivity index (χ1v) is 4.59. The lowest BCUT2D eigenvalue weighted by Crippen LogP contribution is -2.90. The lowest BCUT2D eigenvalue weighted by molar-refractivity contribution is -0.656. The molecule has 0 saturated heterocycles. The summed E-state index contributed by atoms with van der Waals surface area (Å²) in [5, 5.41) is 4.32. The summed E-state index contributed by atoms with van der Waals surface area (Å²) in [6.45, 7) is 3.83. The predicted molar refractivity (Wildman–Crippen MR) is 51.8 cm³/mol. The first-order chi connectivity index (χ1) is 6.52. The van der Waals surface area contributed by atoms with Crippen molar-refractivity contribution in [2.24, 2.45) is 11.8 Å². The van der Waals surface area contributed by atoms with E-state index in [1.54, 1.807) is 0 Å². The Morgan fingerprint density at radius 2 is 2.00 bits per heavy atom. The van der Waals surface area contributed by atoms with Crippen molar-refractivity contribution in [3.63, 3.8) is 0 Å². The molecule has 0 radical (unpaired) electrons. The van der Waals surface area contributed by atoms with Crippen LogP contribution in [0.2, 0.25) is 0 Å². The summed E-state index contributed by atoms with van der Waals surface area (Å²) in [4.78, 5) is 22.2. The summed E-state index contributed by atoms with van der Waals surface area (Å²) >= 11 is 0. The topological polar surface area (TPSA) is 101 Å². The molecule has 1 unspecified atom stereocenters. The number of carbonyl (C=O) groups excluding carboxylic acids is 2. The maximum absolute atomic E-state index is 11.5. The monoisotopic (exact) mass is 203 g/mol. The molecule has 0 aliphatic carbocycles. The maximum atomic E-state index is 11.5. The second kappa shape index (κ2) is 6.33. The van der Waals surface area contributed by atoms with Gasteiger partial charge in [-0.1, -0.05) is 13.8 Å². The third-order valence-electron chi connectivity index (χ3n) is 1.96. The Morgan fingerprint density at radius 3 is 2.36 bits per heavy atom. The molecule has 2 amide bonds. The van der Waals surface area contributed by atoms with Crippen molar-refractivity contribution in [1.29, 1.82) is 0 Å². The highest BCUT2D eigenvalue weighted by molar-refractivity contribution is 5.86. The number of nitrogens with two attached hydrogens (primary N) is 2. The Labute approximate surface area is 83.6 Å². The maximum Gasteiger partial charge on any atom is 0.278 e. The SMILES string of the molecule is C[NH2+]C(C(=O)NCC(=O)NN)C(C)C. The summed E-state index contributed by atoms with van der Waals surface area (Å²) in [7, 11) is 1.83. The van der Waals surface area contributed by atoms with Crippen molar-refractivity contribution in [2.75, 3.05) is 13.6 Å². The molecule has 0 aromatic carbocycles. The molecule has 0 aromatic rings. The Balaban J connectivity index is 3.99. The normalized spacial score (nSPS) is 12.4. The minimum absolute atomic E-state index is 0.0770. The van der Waals surface area contributed by atoms with E-state index in [1.807, 2.05) is 31.6 Å². The average Bonchev–Trinajstić information content (AvgIpc) is 2.14. The fourth-order valence-electron chi connectivity index (χ4n) is 1.18. The van der Waals surface area contributed by atoms with Crippen LogP contribution in [0.5, 0.6) is 0 Å². The van der Waals surface area contributed by atoms with Crippen LogP contribution >= 0.6 is 0 Å². The van der Waals surface area contributed by atoms with Crippen LogP contribution in [-0.2, 0) is 9.59 Å². The van der Waals surface area contributed by atoms with Crippen LogP contribution in [0.3, 0.4) is 0 Å². The highest BCUT2D eigenvalue weighted by atomic mass is 16.2. The minimum atomic E-state index is -0.406. The van der Waals surface area contributed by atoms with E-state index in [-0.39, 0.29) is 24.4 Å². The standard InChI is InChI=1S/C8H18N4O2/c1-5(2)7(10-3)8(14)11-4-6(13)12-9/h5,7,10H,4,9H2,1-3H3,(H,11,14)(H,12,13)/p+1. The molecular weight excluding hydrogens is 184 g/mol. The Morgan fingerprint density at radius 1 is 1.43 bits per heavy atom. The van der Waals surface area contributed by atoms with Crippen molar-refractivity contribution in [1.82, 2.24) is 10.7 Å². The van der Waals surface area contributed by atoms with Gasteiger partial charge in [0.2, 0.25) is 0 Å². The van der Waals surface area contributed by atoms with Gasteiger partial charge in [0.15, 0.2) is 6.04 Å². The molecule has 6 N–H and O–H groups in total. The molecule has 1 atom stereocenters. The van der Waals surface area contributed by atoms with Crippen LogP contribution < -0.4 is 21.9 Å². The van der Waals surface area contributed by atoms with Crippen molar-refractivity contribution in [2.45, 2.75) is 19.9 Å². The summed E-state index contributed by atoms with van der Waals surface area (Å²) in [6.07, 6.45) is 0. The van der Waals surface area contributed by atoms with Gasteiger partial charge in [0.05, 0.1) is 13.6 Å². The molecule has 0 aromatic heterocycles. The molecule has 0 saturated carbocycles. The number of likely N-dealkylation sites (N-methyl/N-ethyl adjacent to an activating group) is 1. The number of hydrogen-bond donors (Lipinski definition) is 4. The van der Waals surface area contributed by atoms with Gasteiger partial charge in [-0.25, -0.2) is 5.84 Å². The zero-order valence-electron chi connectivity index (χ0n) is 8.83. The van der Waals surface area contributed by atoms with E-state index in [0.717, 1.165) is 0 Å². The van der Waals surface area contributed by atoms with Crippen molar-refractivity contribution in [3.05, 3.63) is 0 Å². The molecule has 82 valence electrons. The molecular formula is C8H19N4O2+. The van der Waals surface area contributed by atoms with E-state index in [4.69, 9.17) is 5.84 Å². The van der Waals surface area contributed by atoms with Crippen LogP contribution in [0.15, 0.2) is 0 Å². The molecule has 0 bridgehead atoms. The second-order valence-electron chi connectivity index (χ2n) is 3.39. The van der Waals surface area contributed by atoms with Crippen molar-refractivity contribution >= 4 is 11.8 Å². The van der Waals surface area contributed by atoms with Gasteiger partial charge in [-0.05, 0) is 0 Å². The quantitative estimate of drug-likeness (QED) is 0.222. The van der Waals surface area contributed by atoms with Gasteiger partial charge in [0.25, 0.3) is 11.8 Å². The highest BCUT2D eigenvalue weighted by Gasteiger charge is 2.23. The molecule has 0 spiro atoms. The van der Waals surface area contributed by atoms with Crippen molar-refractivity contribution < 1.29 is 14.9 Å². The number of quaternary nitrogens is 1. The lowest BCUT2D eigenvalue weighted by atomic mass is 10.0. The van der Waals surface area contributed by atoms with E-state index in [9.17, 15) is 9.59 Å². The predicted octanol–water partition coefficient (Wildman–Crippen LogP) is -2.69. The number of hydrazine groups is 1. The lowest BCUT2D eigenvalue weighted by Gasteiger charge is -2.15. The first kappa shape index (κ1) is 12.9. The fraction of sp³-hybridized carbons (Fsp3) is 0.750. The summed E-state index contributed by atoms with van der Waals surface area (Å²) in [6, 6.07) is -0.166. The smallest absolute Gasteiger partial charge is 0.278 e. The van der Waals surface area contributed by atoms with Crippen LogP contribution in [-0.4, -0.2) is 31.4 Å². The minimum Gasteiger partial charge on any atom is -0.342 e. The molecule has 14 heavy (non-hydrogen) atoms. The van der Waals surface area contributed by atoms with Crippen LogP contribution in [0, 0.1) is 5.92 Å². The van der Waals surface area contributed by atoms with Crippen LogP contribution in [0.25, 0.3) is 0 Å². The van der Waals surface area contributed by atoms with E-state index in [1.165, 1.54) is 0 Å². The van der Waals surface area contributed by atoms with E-state index >= 15 is 0 Å². The number of nitrogens with one attached hydrogen (secondary N) is 2. The zero-order chi connectivity index (χ0) is 11.1. The Kier molecular flexibility index (Phi) is 5.82. The van der Waals surface area contributed by atoms with Gasteiger partial charge in [0, 0.05) is 5.92 Å². The van der Waals surface area contributed by atoms with Gasteiger partial charge in [-0.15, -0.1) is 0 Å². The Hall–Kier alpha value is -1.14. The van der Waals surface area contributed by atoms with Gasteiger partial charge in [-0.3, -0.25) is 15.0 Å². The summed E-state index contributed by atoms with van der Waals surface area (Å²) < 4.78 is 0. The average molecular weight is 203 g/mol. The van der Waals surface area contributed by atoms with E-state index < -0.39 is 5.91 Å². The zero-order valence-corrected chi connectivity index (χ0v) is 8.83. The first-order valence-electron chi connectivity index (χ1n) is 4.59. The largest absolute Gasteiger partial charge is 0.342 e. The number of carbonyl (C=O) groups is 2. The summed E-state index contributed by atoms with van der Waals surface area (Å²) in [5.41, 5.74) is 1.94. The molecule has 0 rings (SSSR count). The molecule has 0 aliphatic heterocycles. The highest BCUT2D eigenvalue weighted by Crippen LogP contribution is 1.95. The number of hydrogen-bond acceptors (Lipinski definition) is 3. The Bertz CT molecular complexity index is 206. The molecule has 0 aliphatic rings. The van der Waals surface area contributed by atoms with Gasteiger partial charge in [0.1, 0.15) is 0 Å². The molecule has 0 heterocycles. The van der Waals surface area contributed by atoms with E-state index in [0.29, 0.717) is 0 Å². The number of amides is 2. The van der Waals surface area contributed by atoms with Crippen LogP contribution in [0.4, 0.5) is 0 Å². The molecule has 6 heteroatoms. The summed E-state index contributed by atoms with van der Waals surface area (Å²) in [5.74, 6) is 4.54.